The fraction of sp³-hybridized carbons (Fsp3) is 0.333. The van der Waals surface area contributed by atoms with Gasteiger partial charge in [-0.15, -0.1) is 0 Å². The summed E-state index contributed by atoms with van der Waals surface area (Å²) in [6.07, 6.45) is 4.13. The summed E-state index contributed by atoms with van der Waals surface area (Å²) < 4.78 is 1.70. The van der Waals surface area contributed by atoms with E-state index in [1.165, 1.54) is 0 Å². The first-order valence-corrected chi connectivity index (χ1v) is 3.94. The summed E-state index contributed by atoms with van der Waals surface area (Å²) in [6, 6.07) is 5.08. The summed E-state index contributed by atoms with van der Waals surface area (Å²) in [4.78, 5) is 10.7. The highest BCUT2D eigenvalue weighted by Crippen LogP contribution is 2.00. The molecule has 0 amide bonds. The molecule has 1 unspecified atom stereocenters. The molecule has 1 aromatic rings. The fourth-order valence-corrected chi connectivity index (χ4v) is 1.13. The number of hydrogen-bond acceptors (Lipinski definition) is 1. The standard InChI is InChI=1S/C9H11NO2/c1-2-8(9(11)12)10-6-4-3-5-7-10/h3-8H,2H2,1H3/p+1. The van der Waals surface area contributed by atoms with Crippen molar-refractivity contribution in [3.8, 4) is 0 Å². The fourth-order valence-electron chi connectivity index (χ4n) is 1.13. The summed E-state index contributed by atoms with van der Waals surface area (Å²) in [5.74, 6) is -0.784. The second-order valence-electron chi connectivity index (χ2n) is 2.58. The van der Waals surface area contributed by atoms with Crippen LogP contribution in [0.5, 0.6) is 0 Å². The molecule has 0 aliphatic rings. The summed E-state index contributed by atoms with van der Waals surface area (Å²) in [5.41, 5.74) is 0. The van der Waals surface area contributed by atoms with Crippen molar-refractivity contribution in [2.45, 2.75) is 19.4 Å². The number of pyridine rings is 1. The van der Waals surface area contributed by atoms with Gasteiger partial charge in [0, 0.05) is 18.6 Å². The molecule has 0 saturated carbocycles. The van der Waals surface area contributed by atoms with E-state index in [2.05, 4.69) is 0 Å². The van der Waals surface area contributed by atoms with Crippen molar-refractivity contribution in [2.24, 2.45) is 0 Å². The van der Waals surface area contributed by atoms with Gasteiger partial charge in [-0.2, -0.15) is 4.57 Å². The summed E-state index contributed by atoms with van der Waals surface area (Å²) >= 11 is 0. The zero-order chi connectivity index (χ0) is 8.97. The Balaban J connectivity index is 2.88. The maximum absolute atomic E-state index is 10.7. The van der Waals surface area contributed by atoms with E-state index < -0.39 is 12.0 Å². The molecule has 1 aromatic heterocycles. The molecule has 0 spiro atoms. The second-order valence-corrected chi connectivity index (χ2v) is 2.58. The summed E-state index contributed by atoms with van der Waals surface area (Å²) in [5, 5.41) is 8.81. The van der Waals surface area contributed by atoms with Crippen LogP contribution in [0.3, 0.4) is 0 Å². The van der Waals surface area contributed by atoms with Crippen LogP contribution >= 0.6 is 0 Å². The van der Waals surface area contributed by atoms with E-state index in [4.69, 9.17) is 5.11 Å². The molecule has 0 fully saturated rings. The van der Waals surface area contributed by atoms with Gasteiger partial charge in [0.2, 0.25) is 0 Å². The Bertz CT molecular complexity index is 258. The number of nitrogens with zero attached hydrogens (tertiary/aromatic N) is 1. The van der Waals surface area contributed by atoms with Gasteiger partial charge in [-0.25, -0.2) is 4.79 Å². The molecule has 0 saturated heterocycles. The van der Waals surface area contributed by atoms with Gasteiger partial charge in [0.1, 0.15) is 0 Å². The maximum Gasteiger partial charge on any atom is 0.373 e. The summed E-state index contributed by atoms with van der Waals surface area (Å²) in [7, 11) is 0. The Hall–Kier alpha value is -1.38. The topological polar surface area (TPSA) is 41.2 Å². The van der Waals surface area contributed by atoms with Crippen LogP contribution in [0.4, 0.5) is 0 Å². The normalized spacial score (nSPS) is 12.4. The van der Waals surface area contributed by atoms with Crippen LogP contribution in [0.2, 0.25) is 0 Å². The van der Waals surface area contributed by atoms with Gasteiger partial charge >= 0.3 is 5.97 Å². The predicted octanol–water partition coefficient (Wildman–Crippen LogP) is 1.01. The van der Waals surface area contributed by atoms with E-state index in [1.807, 2.05) is 25.1 Å². The van der Waals surface area contributed by atoms with Crippen LogP contribution in [-0.2, 0) is 4.79 Å². The lowest BCUT2D eigenvalue weighted by Crippen LogP contribution is -2.42. The molecule has 0 aromatic carbocycles. The molecular weight excluding hydrogens is 154 g/mol. The minimum atomic E-state index is -0.784. The lowest BCUT2D eigenvalue weighted by Gasteiger charge is -2.03. The molecule has 12 heavy (non-hydrogen) atoms. The Kier molecular flexibility index (Phi) is 2.80. The van der Waals surface area contributed by atoms with Crippen LogP contribution in [0.25, 0.3) is 0 Å². The second kappa shape index (κ2) is 3.85. The van der Waals surface area contributed by atoms with Crippen LogP contribution < -0.4 is 4.57 Å². The van der Waals surface area contributed by atoms with Crippen molar-refractivity contribution in [1.29, 1.82) is 0 Å². The molecule has 3 nitrogen and oxygen atoms in total. The molecule has 1 atom stereocenters. The molecule has 0 radical (unpaired) electrons. The number of carboxylic acid groups (broad SMARTS) is 1. The number of hydrogen-bond donors (Lipinski definition) is 1. The first-order chi connectivity index (χ1) is 5.75. The molecule has 0 aliphatic carbocycles. The Labute approximate surface area is 71.3 Å². The monoisotopic (exact) mass is 166 g/mol. The van der Waals surface area contributed by atoms with Gasteiger partial charge in [-0.05, 0) is 0 Å². The Morgan fingerprint density at radius 1 is 1.42 bits per heavy atom. The van der Waals surface area contributed by atoms with Crippen LogP contribution in [0, 0.1) is 0 Å². The van der Waals surface area contributed by atoms with Gasteiger partial charge in [0.05, 0.1) is 0 Å². The highest BCUT2D eigenvalue weighted by molar-refractivity contribution is 5.69. The van der Waals surface area contributed by atoms with E-state index in [0.717, 1.165) is 0 Å². The van der Waals surface area contributed by atoms with E-state index in [-0.39, 0.29) is 0 Å². The third-order valence-corrected chi connectivity index (χ3v) is 1.77. The third-order valence-electron chi connectivity index (χ3n) is 1.77. The SMILES string of the molecule is CCC(C(=O)O)[n+]1ccccc1. The average Bonchev–Trinajstić information content (AvgIpc) is 2.07. The lowest BCUT2D eigenvalue weighted by atomic mass is 10.2. The average molecular weight is 166 g/mol. The molecule has 64 valence electrons. The first-order valence-electron chi connectivity index (χ1n) is 3.94. The Morgan fingerprint density at radius 3 is 2.42 bits per heavy atom. The van der Waals surface area contributed by atoms with E-state index >= 15 is 0 Å². The predicted molar refractivity (Wildman–Crippen MR) is 43.6 cm³/mol. The van der Waals surface area contributed by atoms with Gasteiger partial charge in [0.15, 0.2) is 12.4 Å². The molecule has 3 heteroatoms. The molecule has 0 aliphatic heterocycles. The highest BCUT2D eigenvalue weighted by Gasteiger charge is 2.23. The van der Waals surface area contributed by atoms with Gasteiger partial charge < -0.3 is 5.11 Å². The molecular formula is C9H12NO2+. The number of rotatable bonds is 3. The van der Waals surface area contributed by atoms with Crippen LogP contribution in [0.15, 0.2) is 30.6 Å². The van der Waals surface area contributed by atoms with Crippen LogP contribution in [-0.4, -0.2) is 11.1 Å². The molecule has 1 rings (SSSR count). The number of aromatic nitrogens is 1. The summed E-state index contributed by atoms with van der Waals surface area (Å²) in [6.45, 7) is 1.86. The van der Waals surface area contributed by atoms with Crippen molar-refractivity contribution in [1.82, 2.24) is 0 Å². The number of carbonyl (C=O) groups is 1. The zero-order valence-corrected chi connectivity index (χ0v) is 6.97. The van der Waals surface area contributed by atoms with Crippen molar-refractivity contribution in [3.63, 3.8) is 0 Å². The smallest absolute Gasteiger partial charge is 0.373 e. The number of carboxylic acids is 1. The van der Waals surface area contributed by atoms with Crippen molar-refractivity contribution in [3.05, 3.63) is 30.6 Å². The highest BCUT2D eigenvalue weighted by atomic mass is 16.4. The van der Waals surface area contributed by atoms with E-state index in [0.29, 0.717) is 6.42 Å². The van der Waals surface area contributed by atoms with Gasteiger partial charge in [0.25, 0.3) is 6.04 Å². The third kappa shape index (κ3) is 1.81. The zero-order valence-electron chi connectivity index (χ0n) is 6.97. The van der Waals surface area contributed by atoms with Crippen molar-refractivity contribution in [2.75, 3.05) is 0 Å². The first kappa shape index (κ1) is 8.71. The minimum absolute atomic E-state index is 0.439. The van der Waals surface area contributed by atoms with Crippen molar-refractivity contribution >= 4 is 5.97 Å². The lowest BCUT2D eigenvalue weighted by molar-refractivity contribution is -0.711. The number of aliphatic carboxylic acids is 1. The quantitative estimate of drug-likeness (QED) is 0.681. The minimum Gasteiger partial charge on any atom is -0.476 e. The van der Waals surface area contributed by atoms with E-state index in [1.54, 1.807) is 17.0 Å². The maximum atomic E-state index is 10.7. The molecule has 1 N–H and O–H groups in total. The van der Waals surface area contributed by atoms with Crippen molar-refractivity contribution < 1.29 is 14.5 Å². The van der Waals surface area contributed by atoms with Gasteiger partial charge in [-0.3, -0.25) is 0 Å². The molecule has 0 bridgehead atoms. The van der Waals surface area contributed by atoms with Crippen LogP contribution in [0.1, 0.15) is 19.4 Å². The van der Waals surface area contributed by atoms with E-state index in [9.17, 15) is 4.79 Å². The Morgan fingerprint density at radius 2 is 2.00 bits per heavy atom. The largest absolute Gasteiger partial charge is 0.476 e. The van der Waals surface area contributed by atoms with Gasteiger partial charge in [-0.1, -0.05) is 13.0 Å². The molecule has 1 heterocycles.